The van der Waals surface area contributed by atoms with E-state index in [0.717, 1.165) is 32.7 Å². The normalized spacial score (nSPS) is 31.0. The molecule has 0 saturated carbocycles. The zero-order valence-corrected chi connectivity index (χ0v) is 10.1. The molecular weight excluding hydrogens is 206 g/mol. The standard InChI is InChI=1S/C11H21N3O2/c1-9-6-13(2)3-4-14(9)11(5-10(15)16)7-12-8-11/h9,12H,3-8H2,1-2H3,(H,15,16). The Bertz CT molecular complexity index is 278. The number of likely N-dealkylation sites (N-methyl/N-ethyl adjacent to an activating group) is 1. The van der Waals surface area contributed by atoms with E-state index in [4.69, 9.17) is 5.11 Å². The monoisotopic (exact) mass is 227 g/mol. The van der Waals surface area contributed by atoms with Gasteiger partial charge in [-0.25, -0.2) is 0 Å². The van der Waals surface area contributed by atoms with Gasteiger partial charge >= 0.3 is 5.97 Å². The summed E-state index contributed by atoms with van der Waals surface area (Å²) >= 11 is 0. The van der Waals surface area contributed by atoms with Crippen LogP contribution >= 0.6 is 0 Å². The van der Waals surface area contributed by atoms with E-state index in [1.165, 1.54) is 0 Å². The van der Waals surface area contributed by atoms with Gasteiger partial charge in [-0.15, -0.1) is 0 Å². The number of hydrogen-bond acceptors (Lipinski definition) is 4. The Kier molecular flexibility index (Phi) is 3.19. The summed E-state index contributed by atoms with van der Waals surface area (Å²) < 4.78 is 0. The lowest BCUT2D eigenvalue weighted by molar-refractivity contribution is -0.143. The Morgan fingerprint density at radius 3 is 2.62 bits per heavy atom. The molecule has 1 atom stereocenters. The summed E-state index contributed by atoms with van der Waals surface area (Å²) in [6, 6.07) is 0.445. The molecule has 2 heterocycles. The van der Waals surface area contributed by atoms with E-state index in [1.807, 2.05) is 0 Å². The highest BCUT2D eigenvalue weighted by atomic mass is 16.4. The van der Waals surface area contributed by atoms with Crippen molar-refractivity contribution in [2.24, 2.45) is 0 Å². The first kappa shape index (κ1) is 11.8. The van der Waals surface area contributed by atoms with Crippen LogP contribution in [0.2, 0.25) is 0 Å². The van der Waals surface area contributed by atoms with Crippen molar-refractivity contribution in [2.45, 2.75) is 24.9 Å². The van der Waals surface area contributed by atoms with Crippen molar-refractivity contribution in [3.8, 4) is 0 Å². The van der Waals surface area contributed by atoms with E-state index >= 15 is 0 Å². The molecule has 5 nitrogen and oxygen atoms in total. The number of carboxylic acids is 1. The zero-order chi connectivity index (χ0) is 11.8. The van der Waals surface area contributed by atoms with E-state index in [1.54, 1.807) is 0 Å². The largest absolute Gasteiger partial charge is 0.481 e. The average molecular weight is 227 g/mol. The molecule has 2 rings (SSSR count). The van der Waals surface area contributed by atoms with E-state index in [-0.39, 0.29) is 12.0 Å². The predicted molar refractivity (Wildman–Crippen MR) is 61.5 cm³/mol. The molecule has 16 heavy (non-hydrogen) atoms. The maximum atomic E-state index is 11.0. The van der Waals surface area contributed by atoms with Crippen LogP contribution in [0.3, 0.4) is 0 Å². The highest BCUT2D eigenvalue weighted by Gasteiger charge is 2.46. The summed E-state index contributed by atoms with van der Waals surface area (Å²) in [5.74, 6) is -0.687. The molecule has 5 heteroatoms. The number of nitrogens with one attached hydrogen (secondary N) is 1. The van der Waals surface area contributed by atoms with E-state index < -0.39 is 5.97 Å². The molecule has 2 N–H and O–H groups in total. The number of piperazine rings is 1. The molecule has 0 spiro atoms. The first-order valence-electron chi connectivity index (χ1n) is 5.91. The van der Waals surface area contributed by atoms with Crippen molar-refractivity contribution in [3.05, 3.63) is 0 Å². The van der Waals surface area contributed by atoms with E-state index in [0.29, 0.717) is 6.04 Å². The first-order chi connectivity index (χ1) is 7.53. The minimum Gasteiger partial charge on any atom is -0.481 e. The molecule has 2 saturated heterocycles. The molecule has 92 valence electrons. The van der Waals surface area contributed by atoms with Gasteiger partial charge in [0.25, 0.3) is 0 Å². The Hall–Kier alpha value is -0.650. The van der Waals surface area contributed by atoms with Crippen LogP contribution < -0.4 is 5.32 Å². The molecular formula is C11H21N3O2. The van der Waals surface area contributed by atoms with Crippen LogP contribution in [0.5, 0.6) is 0 Å². The van der Waals surface area contributed by atoms with E-state index in [9.17, 15) is 4.79 Å². The number of nitrogens with zero attached hydrogens (tertiary/aromatic N) is 2. The number of aliphatic carboxylic acids is 1. The predicted octanol–water partition coefficient (Wildman–Crippen LogP) is -0.561. The molecule has 0 amide bonds. The van der Waals surface area contributed by atoms with Gasteiger partial charge in [-0.1, -0.05) is 0 Å². The molecule has 0 radical (unpaired) electrons. The SMILES string of the molecule is CC1CN(C)CCN1C1(CC(=O)O)CNC1. The van der Waals surface area contributed by atoms with Crippen LogP contribution in [-0.2, 0) is 4.79 Å². The maximum Gasteiger partial charge on any atom is 0.305 e. The van der Waals surface area contributed by atoms with Crippen LogP contribution in [0, 0.1) is 0 Å². The molecule has 1 unspecified atom stereocenters. The van der Waals surface area contributed by atoms with E-state index in [2.05, 4.69) is 29.1 Å². The van der Waals surface area contributed by atoms with Gasteiger partial charge in [0.1, 0.15) is 0 Å². The number of carbonyl (C=O) groups is 1. The van der Waals surface area contributed by atoms with Gasteiger partial charge < -0.3 is 15.3 Å². The summed E-state index contributed by atoms with van der Waals surface area (Å²) in [5.41, 5.74) is -0.132. The Labute approximate surface area is 96.4 Å². The highest BCUT2D eigenvalue weighted by molar-refractivity contribution is 5.69. The van der Waals surface area contributed by atoms with Crippen molar-refractivity contribution in [3.63, 3.8) is 0 Å². The molecule has 0 aromatic rings. The molecule has 0 bridgehead atoms. The third-order valence-electron chi connectivity index (χ3n) is 3.83. The third kappa shape index (κ3) is 2.07. The van der Waals surface area contributed by atoms with Gasteiger partial charge in [0.15, 0.2) is 0 Å². The lowest BCUT2D eigenvalue weighted by Gasteiger charge is -2.55. The quantitative estimate of drug-likeness (QED) is 0.677. The van der Waals surface area contributed by atoms with Crippen LogP contribution in [0.4, 0.5) is 0 Å². The summed E-state index contributed by atoms with van der Waals surface area (Å²) in [6.45, 7) is 6.86. The lowest BCUT2D eigenvalue weighted by atomic mass is 9.84. The van der Waals surface area contributed by atoms with Gasteiger partial charge in [-0.3, -0.25) is 9.69 Å². The minimum atomic E-state index is -0.687. The van der Waals surface area contributed by atoms with Crippen LogP contribution in [-0.4, -0.2) is 72.2 Å². The fraction of sp³-hybridized carbons (Fsp3) is 0.909. The summed E-state index contributed by atoms with van der Waals surface area (Å²) in [5, 5.41) is 12.2. The first-order valence-corrected chi connectivity index (χ1v) is 5.91. The van der Waals surface area contributed by atoms with Gasteiger partial charge in [0.05, 0.1) is 12.0 Å². The van der Waals surface area contributed by atoms with Crippen molar-refractivity contribution < 1.29 is 9.90 Å². The molecule has 2 fully saturated rings. The topological polar surface area (TPSA) is 55.8 Å². The van der Waals surface area contributed by atoms with Crippen LogP contribution in [0.1, 0.15) is 13.3 Å². The average Bonchev–Trinajstić information content (AvgIpc) is 2.12. The van der Waals surface area contributed by atoms with Crippen LogP contribution in [0.15, 0.2) is 0 Å². The molecule has 2 aliphatic rings. The number of rotatable bonds is 3. The molecule has 0 aliphatic carbocycles. The Morgan fingerprint density at radius 2 is 2.19 bits per heavy atom. The summed E-state index contributed by atoms with van der Waals surface area (Å²) in [6.07, 6.45) is 0.258. The second-order valence-electron chi connectivity index (χ2n) is 5.20. The Balaban J connectivity index is 2.06. The second kappa shape index (κ2) is 4.31. The van der Waals surface area contributed by atoms with Gasteiger partial charge in [0, 0.05) is 38.8 Å². The minimum absolute atomic E-state index is 0.132. The van der Waals surface area contributed by atoms with Crippen LogP contribution in [0.25, 0.3) is 0 Å². The number of carboxylic acid groups (broad SMARTS) is 1. The number of hydrogen-bond donors (Lipinski definition) is 2. The summed E-state index contributed by atoms with van der Waals surface area (Å²) in [4.78, 5) is 15.7. The van der Waals surface area contributed by atoms with Crippen molar-refractivity contribution in [1.82, 2.24) is 15.1 Å². The van der Waals surface area contributed by atoms with Gasteiger partial charge in [-0.2, -0.15) is 0 Å². The molecule has 2 aliphatic heterocycles. The Morgan fingerprint density at radius 1 is 1.50 bits per heavy atom. The van der Waals surface area contributed by atoms with Gasteiger partial charge in [-0.05, 0) is 14.0 Å². The zero-order valence-electron chi connectivity index (χ0n) is 10.1. The smallest absolute Gasteiger partial charge is 0.305 e. The fourth-order valence-corrected chi connectivity index (χ4v) is 2.97. The molecule has 0 aromatic heterocycles. The molecule has 0 aromatic carbocycles. The van der Waals surface area contributed by atoms with Gasteiger partial charge in [0.2, 0.25) is 0 Å². The van der Waals surface area contributed by atoms with Crippen molar-refractivity contribution in [1.29, 1.82) is 0 Å². The third-order valence-corrected chi connectivity index (χ3v) is 3.83. The summed E-state index contributed by atoms with van der Waals surface area (Å²) in [7, 11) is 2.12. The fourth-order valence-electron chi connectivity index (χ4n) is 2.97. The van der Waals surface area contributed by atoms with Crippen molar-refractivity contribution in [2.75, 3.05) is 39.8 Å². The second-order valence-corrected chi connectivity index (χ2v) is 5.20. The lowest BCUT2D eigenvalue weighted by Crippen LogP contribution is -2.73. The highest BCUT2D eigenvalue weighted by Crippen LogP contribution is 2.28. The maximum absolute atomic E-state index is 11.0. The van der Waals surface area contributed by atoms with Crippen molar-refractivity contribution >= 4 is 5.97 Å².